The molecule has 0 N–H and O–H groups in total. The van der Waals surface area contributed by atoms with Crippen molar-refractivity contribution in [2.24, 2.45) is 4.99 Å². The highest BCUT2D eigenvalue weighted by Crippen LogP contribution is 2.34. The average molecular weight is 345 g/mol. The maximum absolute atomic E-state index is 10.8. The number of aliphatic imine (C=N–C) groups is 1. The van der Waals surface area contributed by atoms with Gasteiger partial charge in [-0.1, -0.05) is 48.5 Å². The fraction of sp³-hybridized carbons (Fsp3) is 0.0500. The van der Waals surface area contributed by atoms with E-state index in [1.54, 1.807) is 17.2 Å². The minimum atomic E-state index is -0.426. The standard InChI is InChI=1S/C20H15N3O3/c24-23(25)18-13-11-16(12-14-18)20-21-19(15-7-3-1-4-8-15)22(26-20)17-9-5-2-6-10-17/h1-14,19H. The number of anilines is 1. The third kappa shape index (κ3) is 3.00. The summed E-state index contributed by atoms with van der Waals surface area (Å²) in [5.41, 5.74) is 2.59. The van der Waals surface area contributed by atoms with E-state index in [0.717, 1.165) is 11.3 Å². The zero-order valence-electron chi connectivity index (χ0n) is 13.7. The molecule has 0 saturated heterocycles. The van der Waals surface area contributed by atoms with Crippen molar-refractivity contribution in [2.45, 2.75) is 6.17 Å². The molecule has 6 heteroatoms. The predicted molar refractivity (Wildman–Crippen MR) is 98.8 cm³/mol. The van der Waals surface area contributed by atoms with Crippen molar-refractivity contribution in [3.05, 3.63) is 106 Å². The summed E-state index contributed by atoms with van der Waals surface area (Å²) >= 11 is 0. The lowest BCUT2D eigenvalue weighted by atomic mass is 10.1. The molecule has 0 amide bonds. The molecule has 1 heterocycles. The largest absolute Gasteiger partial charge is 0.356 e. The van der Waals surface area contributed by atoms with Gasteiger partial charge < -0.3 is 4.84 Å². The van der Waals surface area contributed by atoms with Crippen LogP contribution < -0.4 is 5.06 Å². The van der Waals surface area contributed by atoms with E-state index in [0.29, 0.717) is 11.5 Å². The Bertz CT molecular complexity index is 941. The summed E-state index contributed by atoms with van der Waals surface area (Å²) in [5, 5.41) is 12.6. The van der Waals surface area contributed by atoms with Crippen molar-refractivity contribution in [3.63, 3.8) is 0 Å². The van der Waals surface area contributed by atoms with Gasteiger partial charge in [0, 0.05) is 17.7 Å². The van der Waals surface area contributed by atoms with Crippen molar-refractivity contribution >= 4 is 17.3 Å². The third-order valence-electron chi connectivity index (χ3n) is 4.08. The fourth-order valence-electron chi connectivity index (χ4n) is 2.79. The molecular formula is C20H15N3O3. The zero-order chi connectivity index (χ0) is 17.9. The second kappa shape index (κ2) is 6.68. The van der Waals surface area contributed by atoms with Crippen molar-refractivity contribution in [3.8, 4) is 0 Å². The van der Waals surface area contributed by atoms with Crippen LogP contribution in [0.4, 0.5) is 11.4 Å². The van der Waals surface area contributed by atoms with Gasteiger partial charge in [-0.3, -0.25) is 10.1 Å². The first kappa shape index (κ1) is 15.8. The second-order valence-electron chi connectivity index (χ2n) is 5.78. The number of nitro benzene ring substituents is 1. The zero-order valence-corrected chi connectivity index (χ0v) is 13.7. The number of hydrogen-bond acceptors (Lipinski definition) is 5. The van der Waals surface area contributed by atoms with Crippen LogP contribution in [0.25, 0.3) is 0 Å². The molecule has 128 valence electrons. The van der Waals surface area contributed by atoms with Crippen molar-refractivity contribution in [2.75, 3.05) is 5.06 Å². The van der Waals surface area contributed by atoms with E-state index in [9.17, 15) is 10.1 Å². The van der Waals surface area contributed by atoms with Crippen LogP contribution in [-0.4, -0.2) is 10.8 Å². The van der Waals surface area contributed by atoms with E-state index < -0.39 is 4.92 Å². The minimum absolute atomic E-state index is 0.0341. The summed E-state index contributed by atoms with van der Waals surface area (Å²) in [6.45, 7) is 0. The average Bonchev–Trinajstić information content (AvgIpc) is 3.15. The Morgan fingerprint density at radius 1 is 0.885 bits per heavy atom. The predicted octanol–water partition coefficient (Wildman–Crippen LogP) is 4.49. The summed E-state index contributed by atoms with van der Waals surface area (Å²) in [6.07, 6.45) is -0.330. The van der Waals surface area contributed by atoms with Crippen LogP contribution in [0.3, 0.4) is 0 Å². The SMILES string of the molecule is O=[N+]([O-])c1ccc(C2=NC(c3ccccc3)N(c3ccccc3)O2)cc1. The maximum atomic E-state index is 10.8. The Kier molecular flexibility index (Phi) is 4.07. The monoisotopic (exact) mass is 345 g/mol. The number of non-ortho nitro benzene ring substituents is 1. The van der Waals surface area contributed by atoms with E-state index in [1.807, 2.05) is 60.7 Å². The second-order valence-corrected chi connectivity index (χ2v) is 5.78. The van der Waals surface area contributed by atoms with E-state index in [4.69, 9.17) is 9.83 Å². The van der Waals surface area contributed by atoms with Gasteiger partial charge in [0.15, 0.2) is 6.17 Å². The lowest BCUT2D eigenvalue weighted by molar-refractivity contribution is -0.384. The molecule has 0 bridgehead atoms. The Hall–Kier alpha value is -3.67. The van der Waals surface area contributed by atoms with Crippen LogP contribution in [0.5, 0.6) is 0 Å². The summed E-state index contributed by atoms with van der Waals surface area (Å²) < 4.78 is 0. The van der Waals surface area contributed by atoms with E-state index in [-0.39, 0.29) is 11.9 Å². The third-order valence-corrected chi connectivity index (χ3v) is 4.08. The van der Waals surface area contributed by atoms with Crippen molar-refractivity contribution in [1.29, 1.82) is 0 Å². The number of para-hydroxylation sites is 1. The summed E-state index contributed by atoms with van der Waals surface area (Å²) in [7, 11) is 0. The van der Waals surface area contributed by atoms with Crippen LogP contribution in [0.1, 0.15) is 17.3 Å². The molecule has 0 aliphatic carbocycles. The molecule has 1 aliphatic rings. The molecule has 6 nitrogen and oxygen atoms in total. The number of rotatable bonds is 4. The molecule has 3 aromatic rings. The Balaban J connectivity index is 1.71. The highest BCUT2D eigenvalue weighted by molar-refractivity contribution is 5.96. The van der Waals surface area contributed by atoms with Crippen LogP contribution in [-0.2, 0) is 4.84 Å². The minimum Gasteiger partial charge on any atom is -0.356 e. The molecule has 0 radical (unpaired) electrons. The van der Waals surface area contributed by atoms with Gasteiger partial charge in [0.1, 0.15) is 0 Å². The maximum Gasteiger partial charge on any atom is 0.269 e. The van der Waals surface area contributed by atoms with Gasteiger partial charge in [0.05, 0.1) is 10.6 Å². The van der Waals surface area contributed by atoms with Crippen molar-refractivity contribution in [1.82, 2.24) is 0 Å². The molecular weight excluding hydrogens is 330 g/mol. The molecule has 0 aromatic heterocycles. The topological polar surface area (TPSA) is 68.0 Å². The molecule has 0 saturated carbocycles. The van der Waals surface area contributed by atoms with Crippen LogP contribution in [0.2, 0.25) is 0 Å². The molecule has 26 heavy (non-hydrogen) atoms. The lowest BCUT2D eigenvalue weighted by Gasteiger charge is -2.23. The van der Waals surface area contributed by atoms with Gasteiger partial charge in [-0.05, 0) is 29.8 Å². The van der Waals surface area contributed by atoms with E-state index in [2.05, 4.69) is 0 Å². The van der Waals surface area contributed by atoms with Crippen molar-refractivity contribution < 1.29 is 9.76 Å². The molecule has 4 rings (SSSR count). The first-order chi connectivity index (χ1) is 12.7. The van der Waals surface area contributed by atoms with Gasteiger partial charge in [-0.2, -0.15) is 5.06 Å². The van der Waals surface area contributed by atoms with Crippen LogP contribution >= 0.6 is 0 Å². The molecule has 1 aliphatic heterocycles. The van der Waals surface area contributed by atoms with Gasteiger partial charge in [0.25, 0.3) is 11.6 Å². The summed E-state index contributed by atoms with van der Waals surface area (Å²) in [5.74, 6) is 0.428. The van der Waals surface area contributed by atoms with E-state index in [1.165, 1.54) is 12.1 Å². The van der Waals surface area contributed by atoms with Gasteiger partial charge in [0.2, 0.25) is 0 Å². The summed E-state index contributed by atoms with van der Waals surface area (Å²) in [6, 6.07) is 25.7. The number of benzene rings is 3. The van der Waals surface area contributed by atoms with Gasteiger partial charge in [-0.25, -0.2) is 4.99 Å². The highest BCUT2D eigenvalue weighted by atomic mass is 16.7. The Labute approximate surface area is 150 Å². The molecule has 0 fully saturated rings. The Morgan fingerprint density at radius 2 is 1.50 bits per heavy atom. The van der Waals surface area contributed by atoms with Crippen LogP contribution in [0.15, 0.2) is 89.9 Å². The van der Waals surface area contributed by atoms with Crippen LogP contribution in [0, 0.1) is 10.1 Å². The molecule has 1 atom stereocenters. The first-order valence-electron chi connectivity index (χ1n) is 8.12. The number of hydrogen-bond donors (Lipinski definition) is 0. The van der Waals surface area contributed by atoms with Gasteiger partial charge >= 0.3 is 0 Å². The van der Waals surface area contributed by atoms with E-state index >= 15 is 0 Å². The highest BCUT2D eigenvalue weighted by Gasteiger charge is 2.31. The number of hydroxylamine groups is 1. The lowest BCUT2D eigenvalue weighted by Crippen LogP contribution is -2.23. The molecule has 3 aromatic carbocycles. The normalized spacial score (nSPS) is 16.1. The molecule has 0 spiro atoms. The smallest absolute Gasteiger partial charge is 0.269 e. The number of nitro groups is 1. The van der Waals surface area contributed by atoms with Gasteiger partial charge in [-0.15, -0.1) is 0 Å². The number of nitrogens with zero attached hydrogens (tertiary/aromatic N) is 3. The summed E-state index contributed by atoms with van der Waals surface area (Å²) in [4.78, 5) is 21.1. The fourth-order valence-corrected chi connectivity index (χ4v) is 2.79. The quantitative estimate of drug-likeness (QED) is 0.516. The molecule has 1 unspecified atom stereocenters. The Morgan fingerprint density at radius 3 is 2.12 bits per heavy atom. The first-order valence-corrected chi connectivity index (χ1v) is 8.12.